The second-order valence-electron chi connectivity index (χ2n) is 4.76. The Bertz CT molecular complexity index is 961. The van der Waals surface area contributed by atoms with Crippen molar-refractivity contribution in [3.63, 3.8) is 0 Å². The van der Waals surface area contributed by atoms with Crippen molar-refractivity contribution in [2.75, 3.05) is 5.32 Å². The first-order valence-corrected chi connectivity index (χ1v) is 8.65. The van der Waals surface area contributed by atoms with Gasteiger partial charge in [0, 0.05) is 22.5 Å². The van der Waals surface area contributed by atoms with Crippen LogP contribution in [0.25, 0.3) is 22.2 Å². The second-order valence-corrected chi connectivity index (χ2v) is 6.37. The SMILES string of the molecule is O=C(Nc1nc(-c2ccccc2)ns1)c1csc(-c2ccco2)n1. The van der Waals surface area contributed by atoms with Gasteiger partial charge in [0.1, 0.15) is 5.69 Å². The van der Waals surface area contributed by atoms with Crippen molar-refractivity contribution in [1.82, 2.24) is 14.3 Å². The highest BCUT2D eigenvalue weighted by Gasteiger charge is 2.15. The molecule has 0 saturated heterocycles. The minimum atomic E-state index is -0.320. The number of benzene rings is 1. The minimum absolute atomic E-state index is 0.320. The molecule has 118 valence electrons. The second kappa shape index (κ2) is 6.34. The van der Waals surface area contributed by atoms with Crippen LogP contribution in [0.3, 0.4) is 0 Å². The number of amides is 1. The van der Waals surface area contributed by atoms with E-state index in [1.54, 1.807) is 23.8 Å². The number of nitrogens with one attached hydrogen (secondary N) is 1. The van der Waals surface area contributed by atoms with Crippen LogP contribution in [0, 0.1) is 0 Å². The average Bonchev–Trinajstić information content (AvgIpc) is 3.36. The Morgan fingerprint density at radius 3 is 2.75 bits per heavy atom. The van der Waals surface area contributed by atoms with Crippen LogP contribution in [0.5, 0.6) is 0 Å². The van der Waals surface area contributed by atoms with Crippen LogP contribution in [0.1, 0.15) is 10.5 Å². The molecule has 0 fully saturated rings. The van der Waals surface area contributed by atoms with Crippen molar-refractivity contribution in [1.29, 1.82) is 0 Å². The summed E-state index contributed by atoms with van der Waals surface area (Å²) in [4.78, 5) is 20.9. The summed E-state index contributed by atoms with van der Waals surface area (Å²) in [5, 5.41) is 5.51. The van der Waals surface area contributed by atoms with E-state index in [2.05, 4.69) is 19.7 Å². The zero-order valence-corrected chi connectivity index (χ0v) is 13.8. The Kier molecular flexibility index (Phi) is 3.89. The number of nitrogens with zero attached hydrogens (tertiary/aromatic N) is 3. The molecule has 0 spiro atoms. The molecule has 0 aliphatic rings. The lowest BCUT2D eigenvalue weighted by atomic mass is 10.2. The zero-order valence-electron chi connectivity index (χ0n) is 12.2. The van der Waals surface area contributed by atoms with E-state index in [0.29, 0.717) is 27.4 Å². The maximum Gasteiger partial charge on any atom is 0.276 e. The minimum Gasteiger partial charge on any atom is -0.462 e. The molecule has 24 heavy (non-hydrogen) atoms. The Labute approximate surface area is 145 Å². The molecule has 0 radical (unpaired) electrons. The van der Waals surface area contributed by atoms with Crippen molar-refractivity contribution in [3.05, 3.63) is 59.8 Å². The maximum absolute atomic E-state index is 12.3. The molecule has 0 atom stereocenters. The fourth-order valence-electron chi connectivity index (χ4n) is 2.03. The lowest BCUT2D eigenvalue weighted by Crippen LogP contribution is -2.12. The number of anilines is 1. The van der Waals surface area contributed by atoms with Gasteiger partial charge in [-0.15, -0.1) is 11.3 Å². The molecule has 1 amide bonds. The van der Waals surface area contributed by atoms with Crippen molar-refractivity contribution < 1.29 is 9.21 Å². The molecule has 8 heteroatoms. The first kappa shape index (κ1) is 14.7. The number of hydrogen-bond acceptors (Lipinski definition) is 7. The van der Waals surface area contributed by atoms with Gasteiger partial charge in [0.25, 0.3) is 5.91 Å². The molecular weight excluding hydrogens is 344 g/mol. The van der Waals surface area contributed by atoms with Gasteiger partial charge in [-0.05, 0) is 12.1 Å². The molecule has 0 saturated carbocycles. The predicted octanol–water partition coefficient (Wildman–Crippen LogP) is 4.17. The zero-order chi connectivity index (χ0) is 16.4. The summed E-state index contributed by atoms with van der Waals surface area (Å²) in [6.45, 7) is 0. The average molecular weight is 354 g/mol. The third-order valence-electron chi connectivity index (χ3n) is 3.15. The molecule has 3 heterocycles. The molecule has 4 rings (SSSR count). The quantitative estimate of drug-likeness (QED) is 0.595. The van der Waals surface area contributed by atoms with E-state index in [1.807, 2.05) is 30.3 Å². The van der Waals surface area contributed by atoms with E-state index in [-0.39, 0.29) is 5.91 Å². The van der Waals surface area contributed by atoms with E-state index in [1.165, 1.54) is 11.3 Å². The Morgan fingerprint density at radius 2 is 1.96 bits per heavy atom. The fraction of sp³-hybridized carbons (Fsp3) is 0. The standard InChI is InChI=1S/C16H10N4O2S2/c21-14(11-9-23-15(17-11)12-7-4-8-22-12)19-16-18-13(20-24-16)10-5-2-1-3-6-10/h1-9H,(H,18,19,20,21). The maximum atomic E-state index is 12.3. The van der Waals surface area contributed by atoms with Crippen molar-refractivity contribution >= 4 is 33.9 Å². The van der Waals surface area contributed by atoms with Crippen LogP contribution in [0.15, 0.2) is 58.5 Å². The Hall–Kier alpha value is -2.84. The normalized spacial score (nSPS) is 10.7. The largest absolute Gasteiger partial charge is 0.462 e. The van der Waals surface area contributed by atoms with Gasteiger partial charge in [-0.2, -0.15) is 9.36 Å². The summed E-state index contributed by atoms with van der Waals surface area (Å²) >= 11 is 2.49. The van der Waals surface area contributed by atoms with Crippen molar-refractivity contribution in [3.8, 4) is 22.2 Å². The summed E-state index contributed by atoms with van der Waals surface area (Å²) in [7, 11) is 0. The first-order chi connectivity index (χ1) is 11.8. The smallest absolute Gasteiger partial charge is 0.276 e. The highest BCUT2D eigenvalue weighted by molar-refractivity contribution is 7.13. The third-order valence-corrected chi connectivity index (χ3v) is 4.63. The summed E-state index contributed by atoms with van der Waals surface area (Å²) in [5.74, 6) is 0.909. The number of hydrogen-bond donors (Lipinski definition) is 1. The van der Waals surface area contributed by atoms with Gasteiger partial charge in [-0.3, -0.25) is 10.1 Å². The summed E-state index contributed by atoms with van der Waals surface area (Å²) in [6.07, 6.45) is 1.57. The Morgan fingerprint density at radius 1 is 1.08 bits per heavy atom. The highest BCUT2D eigenvalue weighted by Crippen LogP contribution is 2.25. The number of rotatable bonds is 4. The number of thiazole rings is 1. The van der Waals surface area contributed by atoms with Crippen LogP contribution in [0.2, 0.25) is 0 Å². The Balaban J connectivity index is 1.50. The predicted molar refractivity (Wildman–Crippen MR) is 93.1 cm³/mol. The molecule has 3 aromatic heterocycles. The van der Waals surface area contributed by atoms with Gasteiger partial charge < -0.3 is 4.42 Å². The molecule has 0 aliphatic heterocycles. The van der Waals surface area contributed by atoms with Crippen molar-refractivity contribution in [2.24, 2.45) is 0 Å². The monoisotopic (exact) mass is 354 g/mol. The number of furan rings is 1. The van der Waals surface area contributed by atoms with Crippen LogP contribution >= 0.6 is 22.9 Å². The van der Waals surface area contributed by atoms with E-state index < -0.39 is 0 Å². The molecule has 0 aliphatic carbocycles. The van der Waals surface area contributed by atoms with Crippen LogP contribution in [0.4, 0.5) is 5.13 Å². The summed E-state index contributed by atoms with van der Waals surface area (Å²) in [6, 6.07) is 13.2. The van der Waals surface area contributed by atoms with E-state index in [9.17, 15) is 4.79 Å². The van der Waals surface area contributed by atoms with Crippen LogP contribution in [-0.4, -0.2) is 20.2 Å². The highest BCUT2D eigenvalue weighted by atomic mass is 32.1. The molecule has 4 aromatic rings. The molecular formula is C16H10N4O2S2. The lowest BCUT2D eigenvalue weighted by molar-refractivity contribution is 0.102. The summed E-state index contributed by atoms with van der Waals surface area (Å²) < 4.78 is 9.54. The van der Waals surface area contributed by atoms with Gasteiger partial charge in [-0.25, -0.2) is 4.98 Å². The number of carbonyl (C=O) groups excluding carboxylic acids is 1. The summed E-state index contributed by atoms with van der Waals surface area (Å²) in [5.41, 5.74) is 1.23. The lowest BCUT2D eigenvalue weighted by Gasteiger charge is -1.96. The van der Waals surface area contributed by atoms with Gasteiger partial charge in [0.05, 0.1) is 6.26 Å². The van der Waals surface area contributed by atoms with Crippen molar-refractivity contribution in [2.45, 2.75) is 0 Å². The van der Waals surface area contributed by atoms with Gasteiger partial charge in [-0.1, -0.05) is 30.3 Å². The van der Waals surface area contributed by atoms with E-state index in [0.717, 1.165) is 17.1 Å². The van der Waals surface area contributed by atoms with E-state index in [4.69, 9.17) is 4.42 Å². The molecule has 1 N–H and O–H groups in total. The first-order valence-electron chi connectivity index (χ1n) is 6.99. The fourth-order valence-corrected chi connectivity index (χ4v) is 3.38. The van der Waals surface area contributed by atoms with Crippen LogP contribution < -0.4 is 5.32 Å². The van der Waals surface area contributed by atoms with Gasteiger partial charge in [0.15, 0.2) is 16.6 Å². The number of aromatic nitrogens is 3. The third kappa shape index (κ3) is 2.97. The van der Waals surface area contributed by atoms with Gasteiger partial charge >= 0.3 is 0 Å². The topological polar surface area (TPSA) is 80.9 Å². The molecule has 1 aromatic carbocycles. The van der Waals surface area contributed by atoms with E-state index >= 15 is 0 Å². The molecule has 0 bridgehead atoms. The van der Waals surface area contributed by atoms with Crippen LogP contribution in [-0.2, 0) is 0 Å². The van der Waals surface area contributed by atoms with Gasteiger partial charge in [0.2, 0.25) is 5.13 Å². The number of carbonyl (C=O) groups is 1. The molecule has 6 nitrogen and oxygen atoms in total. The molecule has 0 unspecified atom stereocenters.